The molecule has 0 amide bonds. The molecule has 2 unspecified atom stereocenters. The van der Waals surface area contributed by atoms with Gasteiger partial charge >= 0.3 is 0 Å². The number of rotatable bonds is 6. The summed E-state index contributed by atoms with van der Waals surface area (Å²) in [5, 5.41) is 13.0. The van der Waals surface area contributed by atoms with E-state index in [9.17, 15) is 5.11 Å². The van der Waals surface area contributed by atoms with Gasteiger partial charge in [0.15, 0.2) is 6.23 Å². The Hall–Kier alpha value is -2.20. The van der Waals surface area contributed by atoms with Gasteiger partial charge in [0.2, 0.25) is 0 Å². The van der Waals surface area contributed by atoms with Gasteiger partial charge in [-0.3, -0.25) is 0 Å². The van der Waals surface area contributed by atoms with Crippen LogP contribution in [0.2, 0.25) is 0 Å². The van der Waals surface area contributed by atoms with Crippen molar-refractivity contribution in [3.63, 3.8) is 0 Å². The third-order valence-electron chi connectivity index (χ3n) is 2.84. The van der Waals surface area contributed by atoms with Crippen molar-refractivity contribution in [2.24, 2.45) is 0 Å². The second-order valence-corrected chi connectivity index (χ2v) is 4.46. The predicted molar refractivity (Wildman–Crippen MR) is 79.2 cm³/mol. The third-order valence-corrected chi connectivity index (χ3v) is 2.84. The molecule has 0 saturated heterocycles. The molecule has 2 rings (SSSR count). The molecule has 4 heteroatoms. The van der Waals surface area contributed by atoms with Crippen LogP contribution in [0.15, 0.2) is 54.6 Å². The summed E-state index contributed by atoms with van der Waals surface area (Å²) in [6, 6.07) is 16.9. The summed E-state index contributed by atoms with van der Waals surface area (Å²) in [5.74, 6) is 1.49. The number of aliphatic hydroxyl groups excluding tert-OH is 1. The van der Waals surface area contributed by atoms with E-state index in [2.05, 4.69) is 5.32 Å². The number of para-hydroxylation sites is 1. The number of ether oxygens (including phenoxy) is 2. The zero-order valence-corrected chi connectivity index (χ0v) is 11.6. The van der Waals surface area contributed by atoms with Crippen LogP contribution in [0.5, 0.6) is 11.5 Å². The molecule has 2 N–H and O–H groups in total. The minimum absolute atomic E-state index is 0.522. The first kappa shape index (κ1) is 14.2. The number of aliphatic hydroxyl groups is 1. The molecule has 0 aliphatic carbocycles. The molecule has 0 bridgehead atoms. The van der Waals surface area contributed by atoms with Gasteiger partial charge in [0.25, 0.3) is 0 Å². The number of methoxy groups -OCH3 is 1. The van der Waals surface area contributed by atoms with Crippen molar-refractivity contribution in [3.05, 3.63) is 54.6 Å². The van der Waals surface area contributed by atoms with Crippen LogP contribution in [0.3, 0.4) is 0 Å². The molecule has 0 spiro atoms. The van der Waals surface area contributed by atoms with E-state index in [0.717, 1.165) is 11.4 Å². The Morgan fingerprint density at radius 2 is 1.60 bits per heavy atom. The highest BCUT2D eigenvalue weighted by Crippen LogP contribution is 2.18. The van der Waals surface area contributed by atoms with Gasteiger partial charge in [-0.05, 0) is 43.3 Å². The first-order valence-electron chi connectivity index (χ1n) is 6.49. The normalized spacial score (nSPS) is 13.3. The molecule has 0 fully saturated rings. The van der Waals surface area contributed by atoms with E-state index in [1.807, 2.05) is 54.6 Å². The molecule has 4 nitrogen and oxygen atoms in total. The summed E-state index contributed by atoms with van der Waals surface area (Å²) < 4.78 is 10.9. The fourth-order valence-corrected chi connectivity index (χ4v) is 1.75. The Morgan fingerprint density at radius 1 is 0.950 bits per heavy atom. The van der Waals surface area contributed by atoms with Crippen LogP contribution in [-0.4, -0.2) is 24.5 Å². The van der Waals surface area contributed by atoms with Crippen molar-refractivity contribution < 1.29 is 14.6 Å². The van der Waals surface area contributed by atoms with Crippen molar-refractivity contribution in [1.29, 1.82) is 0 Å². The maximum absolute atomic E-state index is 9.82. The van der Waals surface area contributed by atoms with Gasteiger partial charge in [-0.25, -0.2) is 0 Å². The number of benzene rings is 2. The lowest BCUT2D eigenvalue weighted by molar-refractivity contribution is 0.0660. The van der Waals surface area contributed by atoms with Gasteiger partial charge in [-0.2, -0.15) is 0 Å². The van der Waals surface area contributed by atoms with Crippen LogP contribution in [0.4, 0.5) is 5.69 Å². The van der Waals surface area contributed by atoms with Gasteiger partial charge < -0.3 is 19.9 Å². The van der Waals surface area contributed by atoms with Crippen LogP contribution in [0.25, 0.3) is 0 Å². The number of hydrogen-bond acceptors (Lipinski definition) is 4. The zero-order valence-electron chi connectivity index (χ0n) is 11.6. The van der Waals surface area contributed by atoms with Gasteiger partial charge in [0.05, 0.1) is 7.11 Å². The number of hydrogen-bond donors (Lipinski definition) is 2. The first-order chi connectivity index (χ1) is 9.69. The maximum Gasteiger partial charge on any atom is 0.195 e. The highest BCUT2D eigenvalue weighted by atomic mass is 16.5. The van der Waals surface area contributed by atoms with Crippen molar-refractivity contribution in [1.82, 2.24) is 0 Å². The molecule has 0 heterocycles. The second-order valence-electron chi connectivity index (χ2n) is 4.46. The van der Waals surface area contributed by atoms with Crippen LogP contribution < -0.4 is 14.8 Å². The molecule has 0 aromatic heterocycles. The summed E-state index contributed by atoms with van der Waals surface area (Å²) in [4.78, 5) is 0. The molecule has 0 saturated carbocycles. The summed E-state index contributed by atoms with van der Waals surface area (Å²) in [6.07, 6.45) is -1.18. The molecule has 20 heavy (non-hydrogen) atoms. The summed E-state index contributed by atoms with van der Waals surface area (Å²) >= 11 is 0. The lowest BCUT2D eigenvalue weighted by atomic mass is 10.2. The molecule has 0 aliphatic rings. The van der Waals surface area contributed by atoms with E-state index in [0.29, 0.717) is 5.75 Å². The Bertz CT molecular complexity index is 511. The SMILES string of the molecule is COc1ccc(NC(Oc2ccccc2)C(C)O)cc1. The number of anilines is 1. The van der Waals surface area contributed by atoms with E-state index in [1.54, 1.807) is 14.0 Å². The van der Waals surface area contributed by atoms with E-state index in [1.165, 1.54) is 0 Å². The van der Waals surface area contributed by atoms with Crippen molar-refractivity contribution >= 4 is 5.69 Å². The van der Waals surface area contributed by atoms with E-state index >= 15 is 0 Å². The molecule has 106 valence electrons. The molecule has 2 aromatic rings. The molecule has 2 aromatic carbocycles. The Morgan fingerprint density at radius 3 is 2.15 bits per heavy atom. The monoisotopic (exact) mass is 273 g/mol. The quantitative estimate of drug-likeness (QED) is 0.795. The minimum Gasteiger partial charge on any atom is -0.497 e. The van der Waals surface area contributed by atoms with Crippen molar-refractivity contribution in [2.45, 2.75) is 19.3 Å². The van der Waals surface area contributed by atoms with Crippen LogP contribution in [-0.2, 0) is 0 Å². The smallest absolute Gasteiger partial charge is 0.195 e. The van der Waals surface area contributed by atoms with Crippen molar-refractivity contribution in [3.8, 4) is 11.5 Å². The molecular weight excluding hydrogens is 254 g/mol. The highest BCUT2D eigenvalue weighted by molar-refractivity contribution is 5.47. The summed E-state index contributed by atoms with van der Waals surface area (Å²) in [5.41, 5.74) is 0.854. The Labute approximate surface area is 119 Å². The van der Waals surface area contributed by atoms with Crippen LogP contribution in [0, 0.1) is 0 Å². The van der Waals surface area contributed by atoms with E-state index in [4.69, 9.17) is 9.47 Å². The second kappa shape index (κ2) is 6.82. The van der Waals surface area contributed by atoms with Gasteiger partial charge in [0.1, 0.15) is 17.6 Å². The summed E-state index contributed by atoms with van der Waals surface area (Å²) in [7, 11) is 1.62. The lowest BCUT2D eigenvalue weighted by Crippen LogP contribution is -2.36. The van der Waals surface area contributed by atoms with E-state index in [-0.39, 0.29) is 0 Å². The average Bonchev–Trinajstić information content (AvgIpc) is 2.48. The fourth-order valence-electron chi connectivity index (χ4n) is 1.75. The topological polar surface area (TPSA) is 50.7 Å². The number of nitrogens with one attached hydrogen (secondary N) is 1. The van der Waals surface area contributed by atoms with Gasteiger partial charge in [-0.1, -0.05) is 18.2 Å². The first-order valence-corrected chi connectivity index (χ1v) is 6.49. The predicted octanol–water partition coefficient (Wildman–Crippen LogP) is 2.89. The maximum atomic E-state index is 9.82. The Kier molecular flexibility index (Phi) is 4.85. The fraction of sp³-hybridized carbons (Fsp3) is 0.250. The largest absolute Gasteiger partial charge is 0.497 e. The van der Waals surface area contributed by atoms with Crippen LogP contribution >= 0.6 is 0 Å². The zero-order chi connectivity index (χ0) is 14.4. The molecule has 2 atom stereocenters. The molecular formula is C16H19NO3. The minimum atomic E-state index is -0.655. The standard InChI is InChI=1S/C16H19NO3/c1-12(18)16(20-15-6-4-3-5-7-15)17-13-8-10-14(19-2)11-9-13/h3-12,16-18H,1-2H3. The third kappa shape index (κ3) is 3.90. The average molecular weight is 273 g/mol. The van der Waals surface area contributed by atoms with Crippen molar-refractivity contribution in [2.75, 3.05) is 12.4 Å². The molecule has 0 aliphatic heterocycles. The molecule has 0 radical (unpaired) electrons. The summed E-state index contributed by atoms with van der Waals surface area (Å²) in [6.45, 7) is 1.68. The van der Waals surface area contributed by atoms with Crippen LogP contribution in [0.1, 0.15) is 6.92 Å². The highest BCUT2D eigenvalue weighted by Gasteiger charge is 2.16. The van der Waals surface area contributed by atoms with E-state index < -0.39 is 12.3 Å². The van der Waals surface area contributed by atoms with Gasteiger partial charge in [0, 0.05) is 5.69 Å². The lowest BCUT2D eigenvalue weighted by Gasteiger charge is -2.24. The Balaban J connectivity index is 2.05. The van der Waals surface area contributed by atoms with Gasteiger partial charge in [-0.15, -0.1) is 0 Å².